The molecule has 1 aromatic rings. The summed E-state index contributed by atoms with van der Waals surface area (Å²) in [7, 11) is 0. The Bertz CT molecular complexity index is 966. The molecule has 1 aliphatic carbocycles. The summed E-state index contributed by atoms with van der Waals surface area (Å²) in [6.07, 6.45) is 7.02. The van der Waals surface area contributed by atoms with Crippen LogP contribution in [0.1, 0.15) is 37.7 Å². The molecule has 7 heteroatoms. The standard InChI is InChI=1S/C21H19BrN2O4/c1-3-8-27-20-14(22)9-12(10-17(20)26-4-2)18-13(11-23)21(24)28-16-7-5-6-15(25)19(16)18/h1,9-10,18H,4-8,24H2,2H3/t18-/m0/s1. The second-order valence-electron chi connectivity index (χ2n) is 6.29. The van der Waals surface area contributed by atoms with Crippen LogP contribution in [0.15, 0.2) is 39.4 Å². The third kappa shape index (κ3) is 3.58. The fourth-order valence-corrected chi connectivity index (χ4v) is 4.04. The molecule has 0 bridgehead atoms. The van der Waals surface area contributed by atoms with E-state index in [0.29, 0.717) is 58.7 Å². The van der Waals surface area contributed by atoms with Crippen LogP contribution in [-0.2, 0) is 9.53 Å². The lowest BCUT2D eigenvalue weighted by molar-refractivity contribution is -0.116. The van der Waals surface area contributed by atoms with Crippen molar-refractivity contribution in [3.05, 3.63) is 45.0 Å². The summed E-state index contributed by atoms with van der Waals surface area (Å²) in [4.78, 5) is 12.7. The van der Waals surface area contributed by atoms with Crippen LogP contribution < -0.4 is 15.2 Å². The summed E-state index contributed by atoms with van der Waals surface area (Å²) in [5, 5.41) is 9.69. The van der Waals surface area contributed by atoms with Gasteiger partial charge in [-0.05, 0) is 47.0 Å². The molecule has 1 aliphatic heterocycles. The number of hydrogen-bond acceptors (Lipinski definition) is 6. The summed E-state index contributed by atoms with van der Waals surface area (Å²) in [6, 6.07) is 5.66. The molecule has 144 valence electrons. The highest BCUT2D eigenvalue weighted by molar-refractivity contribution is 9.10. The van der Waals surface area contributed by atoms with Crippen LogP contribution in [0, 0.1) is 23.7 Å². The largest absolute Gasteiger partial charge is 0.490 e. The molecule has 3 rings (SSSR count). The Morgan fingerprint density at radius 1 is 1.39 bits per heavy atom. The van der Waals surface area contributed by atoms with Gasteiger partial charge in [-0.25, -0.2) is 0 Å². The molecule has 0 saturated carbocycles. The molecule has 0 fully saturated rings. The minimum Gasteiger partial charge on any atom is -0.490 e. The van der Waals surface area contributed by atoms with Crippen LogP contribution in [0.25, 0.3) is 0 Å². The van der Waals surface area contributed by atoms with Crippen molar-refractivity contribution < 1.29 is 19.0 Å². The summed E-state index contributed by atoms with van der Waals surface area (Å²) >= 11 is 3.49. The van der Waals surface area contributed by atoms with E-state index in [4.69, 9.17) is 26.4 Å². The van der Waals surface area contributed by atoms with E-state index in [1.54, 1.807) is 12.1 Å². The fourth-order valence-electron chi connectivity index (χ4n) is 3.46. The van der Waals surface area contributed by atoms with Crippen LogP contribution in [-0.4, -0.2) is 19.0 Å². The van der Waals surface area contributed by atoms with Gasteiger partial charge in [0.25, 0.3) is 0 Å². The molecule has 2 N–H and O–H groups in total. The maximum atomic E-state index is 12.7. The van der Waals surface area contributed by atoms with E-state index in [0.717, 1.165) is 0 Å². The van der Waals surface area contributed by atoms with E-state index in [2.05, 4.69) is 27.9 Å². The molecule has 0 unspecified atom stereocenters. The summed E-state index contributed by atoms with van der Waals surface area (Å²) < 4.78 is 17.5. The molecule has 0 aromatic heterocycles. The van der Waals surface area contributed by atoms with Crippen LogP contribution in [0.4, 0.5) is 0 Å². The van der Waals surface area contributed by atoms with Gasteiger partial charge in [-0.15, -0.1) is 6.42 Å². The minimum atomic E-state index is -0.612. The maximum Gasteiger partial charge on any atom is 0.205 e. The molecule has 1 atom stereocenters. The number of terminal acetylenes is 1. The van der Waals surface area contributed by atoms with Crippen LogP contribution in [0.3, 0.4) is 0 Å². The van der Waals surface area contributed by atoms with E-state index < -0.39 is 5.92 Å². The van der Waals surface area contributed by atoms with E-state index in [-0.39, 0.29) is 23.8 Å². The highest BCUT2D eigenvalue weighted by Gasteiger charge is 2.38. The Hall–Kier alpha value is -2.90. The Morgan fingerprint density at radius 2 is 2.18 bits per heavy atom. The van der Waals surface area contributed by atoms with Crippen molar-refractivity contribution in [2.24, 2.45) is 5.73 Å². The minimum absolute atomic E-state index is 0.0303. The number of nitrogens with zero attached hydrogens (tertiary/aromatic N) is 1. The first-order chi connectivity index (χ1) is 13.5. The van der Waals surface area contributed by atoms with Crippen molar-refractivity contribution in [3.8, 4) is 29.9 Å². The van der Waals surface area contributed by atoms with Gasteiger partial charge in [-0.1, -0.05) is 5.92 Å². The topological polar surface area (TPSA) is 94.6 Å². The number of carbonyl (C=O) groups excluding carboxylic acids is 1. The van der Waals surface area contributed by atoms with Crippen LogP contribution >= 0.6 is 15.9 Å². The Balaban J connectivity index is 2.17. The third-order valence-electron chi connectivity index (χ3n) is 4.57. The molecule has 0 radical (unpaired) electrons. The van der Waals surface area contributed by atoms with Crippen molar-refractivity contribution in [1.29, 1.82) is 5.26 Å². The van der Waals surface area contributed by atoms with Gasteiger partial charge < -0.3 is 19.9 Å². The highest BCUT2D eigenvalue weighted by Crippen LogP contribution is 2.47. The maximum absolute atomic E-state index is 12.7. The summed E-state index contributed by atoms with van der Waals surface area (Å²) in [5.74, 6) is 3.28. The van der Waals surface area contributed by atoms with E-state index >= 15 is 0 Å². The van der Waals surface area contributed by atoms with Gasteiger partial charge in [-0.3, -0.25) is 4.79 Å². The number of Topliss-reactive ketones (excluding diaryl/α,β-unsaturated/α-hetero) is 1. The van der Waals surface area contributed by atoms with Crippen molar-refractivity contribution >= 4 is 21.7 Å². The number of ether oxygens (including phenoxy) is 3. The zero-order valence-electron chi connectivity index (χ0n) is 15.4. The van der Waals surface area contributed by atoms with Gasteiger partial charge in [0.15, 0.2) is 17.3 Å². The number of benzene rings is 1. The summed E-state index contributed by atoms with van der Waals surface area (Å²) in [5.41, 5.74) is 7.39. The zero-order valence-corrected chi connectivity index (χ0v) is 17.0. The normalized spacial score (nSPS) is 18.7. The van der Waals surface area contributed by atoms with E-state index in [1.807, 2.05) is 6.92 Å². The second-order valence-corrected chi connectivity index (χ2v) is 7.15. The van der Waals surface area contributed by atoms with Gasteiger partial charge in [0, 0.05) is 18.4 Å². The number of ketones is 1. The van der Waals surface area contributed by atoms with Gasteiger partial charge >= 0.3 is 0 Å². The number of rotatable bonds is 5. The molecule has 0 saturated heterocycles. The highest BCUT2D eigenvalue weighted by atomic mass is 79.9. The number of allylic oxidation sites excluding steroid dienone is 3. The molecule has 1 aromatic carbocycles. The second kappa shape index (κ2) is 8.41. The van der Waals surface area contributed by atoms with Crippen molar-refractivity contribution in [3.63, 3.8) is 0 Å². The monoisotopic (exact) mass is 442 g/mol. The smallest absolute Gasteiger partial charge is 0.205 e. The lowest BCUT2D eigenvalue weighted by Gasteiger charge is -2.31. The van der Waals surface area contributed by atoms with Crippen molar-refractivity contribution in [1.82, 2.24) is 0 Å². The lowest BCUT2D eigenvalue weighted by atomic mass is 9.77. The van der Waals surface area contributed by atoms with Crippen LogP contribution in [0.2, 0.25) is 0 Å². The predicted octanol–water partition coefficient (Wildman–Crippen LogP) is 3.67. The van der Waals surface area contributed by atoms with Crippen molar-refractivity contribution in [2.45, 2.75) is 32.1 Å². The number of halogens is 1. The average molecular weight is 443 g/mol. The quantitative estimate of drug-likeness (QED) is 0.698. The molecular formula is C21H19BrN2O4. The number of hydrogen-bond donors (Lipinski definition) is 1. The average Bonchev–Trinajstić information content (AvgIpc) is 2.66. The van der Waals surface area contributed by atoms with E-state index in [1.165, 1.54) is 0 Å². The SMILES string of the molecule is C#CCOc1c(Br)cc([C@H]2C(C#N)=C(N)OC3=C2C(=O)CCC3)cc1OCC. The van der Waals surface area contributed by atoms with E-state index in [9.17, 15) is 10.1 Å². The Kier molecular flexibility index (Phi) is 5.96. The van der Waals surface area contributed by atoms with Gasteiger partial charge in [-0.2, -0.15) is 5.26 Å². The van der Waals surface area contributed by atoms with Crippen molar-refractivity contribution in [2.75, 3.05) is 13.2 Å². The van der Waals surface area contributed by atoms with Crippen LogP contribution in [0.5, 0.6) is 11.5 Å². The number of carbonyl (C=O) groups is 1. The molecule has 2 aliphatic rings. The van der Waals surface area contributed by atoms with Gasteiger partial charge in [0.2, 0.25) is 5.88 Å². The first-order valence-corrected chi connectivity index (χ1v) is 9.67. The van der Waals surface area contributed by atoms with Gasteiger partial charge in [0.05, 0.1) is 17.0 Å². The molecular weight excluding hydrogens is 424 g/mol. The number of nitriles is 1. The molecule has 1 heterocycles. The number of nitrogens with two attached hydrogens (primary N) is 1. The first kappa shape index (κ1) is 19.9. The molecule has 28 heavy (non-hydrogen) atoms. The Morgan fingerprint density at radius 3 is 2.86 bits per heavy atom. The zero-order chi connectivity index (χ0) is 20.3. The Labute approximate surface area is 172 Å². The first-order valence-electron chi connectivity index (χ1n) is 8.88. The predicted molar refractivity (Wildman–Crippen MR) is 106 cm³/mol. The molecule has 0 amide bonds. The fraction of sp³-hybridized carbons (Fsp3) is 0.333. The molecule has 0 spiro atoms. The lowest BCUT2D eigenvalue weighted by Crippen LogP contribution is -2.27. The molecule has 6 nitrogen and oxygen atoms in total. The third-order valence-corrected chi connectivity index (χ3v) is 5.16. The summed E-state index contributed by atoms with van der Waals surface area (Å²) in [6.45, 7) is 2.34. The van der Waals surface area contributed by atoms with Gasteiger partial charge in [0.1, 0.15) is 24.0 Å².